The number of rotatable bonds is 9. The molecule has 1 aliphatic heterocycles. The molecule has 0 unspecified atom stereocenters. The van der Waals surface area contributed by atoms with Gasteiger partial charge in [-0.25, -0.2) is 0 Å². The van der Waals surface area contributed by atoms with E-state index in [0.29, 0.717) is 30.0 Å². The highest BCUT2D eigenvalue weighted by Crippen LogP contribution is 2.38. The minimum Gasteiger partial charge on any atom is -0.497 e. The molecule has 2 amide bonds. The lowest BCUT2D eigenvalue weighted by Crippen LogP contribution is -2.49. The molecule has 0 saturated heterocycles. The molecule has 0 spiro atoms. The lowest BCUT2D eigenvalue weighted by Gasteiger charge is -2.38. The molecule has 1 aliphatic rings. The predicted octanol–water partition coefficient (Wildman–Crippen LogP) is 5.19. The Bertz CT molecular complexity index is 1240. The van der Waals surface area contributed by atoms with Gasteiger partial charge >= 0.3 is 0 Å². The van der Waals surface area contributed by atoms with Gasteiger partial charge in [0, 0.05) is 23.5 Å². The number of carbonyl (C=O) groups excluding carboxylic acids is 2. The summed E-state index contributed by atoms with van der Waals surface area (Å²) in [5.74, 6) is 1.46. The molecule has 3 aromatic rings. The molecule has 7 nitrogen and oxygen atoms in total. The normalized spacial score (nSPS) is 15.5. The van der Waals surface area contributed by atoms with Crippen LogP contribution in [-0.2, 0) is 11.2 Å². The number of hydrogen-bond donors (Lipinski definition) is 0. The van der Waals surface area contributed by atoms with Gasteiger partial charge in [-0.15, -0.1) is 11.3 Å². The van der Waals surface area contributed by atoms with Gasteiger partial charge in [-0.1, -0.05) is 19.1 Å². The number of hydrogen-bond acceptors (Lipinski definition) is 6. The molecule has 0 bridgehead atoms. The number of amides is 2. The highest BCUT2D eigenvalue weighted by atomic mass is 32.1. The first kappa shape index (κ1) is 26.5. The maximum absolute atomic E-state index is 13.9. The second-order valence-electron chi connectivity index (χ2n) is 9.07. The van der Waals surface area contributed by atoms with E-state index in [1.165, 1.54) is 12.0 Å². The van der Waals surface area contributed by atoms with Crippen molar-refractivity contribution >= 4 is 23.2 Å². The van der Waals surface area contributed by atoms with Crippen LogP contribution in [0.2, 0.25) is 0 Å². The van der Waals surface area contributed by atoms with Crippen LogP contribution < -0.4 is 14.2 Å². The molecule has 37 heavy (non-hydrogen) atoms. The number of methoxy groups -OCH3 is 3. The largest absolute Gasteiger partial charge is 0.497 e. The fourth-order valence-electron chi connectivity index (χ4n) is 4.75. The van der Waals surface area contributed by atoms with Gasteiger partial charge in [0.05, 0.1) is 32.9 Å². The minimum absolute atomic E-state index is 0.0187. The van der Waals surface area contributed by atoms with Crippen molar-refractivity contribution in [2.75, 3.05) is 34.4 Å². The van der Waals surface area contributed by atoms with Crippen molar-refractivity contribution in [1.82, 2.24) is 9.80 Å². The van der Waals surface area contributed by atoms with E-state index in [2.05, 4.69) is 11.4 Å². The van der Waals surface area contributed by atoms with E-state index in [4.69, 9.17) is 14.2 Å². The summed E-state index contributed by atoms with van der Waals surface area (Å²) in [6.07, 6.45) is 1.52. The summed E-state index contributed by atoms with van der Waals surface area (Å²) < 4.78 is 16.1. The van der Waals surface area contributed by atoms with Crippen molar-refractivity contribution in [2.45, 2.75) is 38.8 Å². The number of benzene rings is 2. The molecule has 2 atom stereocenters. The Morgan fingerprint density at radius 3 is 2.38 bits per heavy atom. The molecule has 0 saturated carbocycles. The zero-order chi connectivity index (χ0) is 26.5. The molecule has 0 fully saturated rings. The van der Waals surface area contributed by atoms with E-state index < -0.39 is 0 Å². The Labute approximate surface area is 222 Å². The SMILES string of the molecule is CC[C@H](C)N(CC(=O)N1CCc2sccc2[C@@H]1c1ccc(OC)cc1)C(=O)c1ccc(OC)cc1OC. The summed E-state index contributed by atoms with van der Waals surface area (Å²) in [5.41, 5.74) is 2.57. The second-order valence-corrected chi connectivity index (χ2v) is 10.1. The summed E-state index contributed by atoms with van der Waals surface area (Å²) in [6, 6.07) is 14.7. The number of carbonyl (C=O) groups is 2. The van der Waals surface area contributed by atoms with Crippen molar-refractivity contribution in [1.29, 1.82) is 0 Å². The Morgan fingerprint density at radius 2 is 1.73 bits per heavy atom. The van der Waals surface area contributed by atoms with E-state index in [-0.39, 0.29) is 30.4 Å². The molecule has 2 heterocycles. The molecule has 2 aromatic carbocycles. The lowest BCUT2D eigenvalue weighted by molar-refractivity contribution is -0.134. The molecule has 4 rings (SSSR count). The van der Waals surface area contributed by atoms with Crippen LogP contribution in [-0.4, -0.2) is 62.1 Å². The van der Waals surface area contributed by atoms with Crippen LogP contribution in [0.5, 0.6) is 17.2 Å². The Hall–Kier alpha value is -3.52. The first-order chi connectivity index (χ1) is 17.9. The third-order valence-electron chi connectivity index (χ3n) is 7.05. The van der Waals surface area contributed by atoms with E-state index >= 15 is 0 Å². The first-order valence-corrected chi connectivity index (χ1v) is 13.3. The molecule has 0 N–H and O–H groups in total. The van der Waals surface area contributed by atoms with Gasteiger partial charge in [0.2, 0.25) is 5.91 Å². The van der Waals surface area contributed by atoms with E-state index in [9.17, 15) is 9.59 Å². The van der Waals surface area contributed by atoms with Crippen LogP contribution in [0.3, 0.4) is 0 Å². The van der Waals surface area contributed by atoms with Crippen molar-refractivity contribution in [3.05, 3.63) is 75.5 Å². The van der Waals surface area contributed by atoms with Gasteiger partial charge in [0.15, 0.2) is 0 Å². The third-order valence-corrected chi connectivity index (χ3v) is 8.04. The summed E-state index contributed by atoms with van der Waals surface area (Å²) >= 11 is 1.73. The van der Waals surface area contributed by atoms with Crippen molar-refractivity contribution in [3.63, 3.8) is 0 Å². The fraction of sp³-hybridized carbons (Fsp3) is 0.379. The smallest absolute Gasteiger partial charge is 0.258 e. The van der Waals surface area contributed by atoms with E-state index in [1.807, 2.05) is 43.0 Å². The van der Waals surface area contributed by atoms with Crippen LogP contribution in [0.25, 0.3) is 0 Å². The second kappa shape index (κ2) is 11.7. The van der Waals surface area contributed by atoms with Gasteiger partial charge in [-0.3, -0.25) is 9.59 Å². The average Bonchev–Trinajstić information content (AvgIpc) is 3.43. The molecule has 1 aromatic heterocycles. The molecular formula is C29H34N2O5S. The highest BCUT2D eigenvalue weighted by Gasteiger charge is 2.35. The van der Waals surface area contributed by atoms with Crippen LogP contribution in [0.15, 0.2) is 53.9 Å². The number of nitrogens with zero attached hydrogens (tertiary/aromatic N) is 2. The first-order valence-electron chi connectivity index (χ1n) is 12.4. The summed E-state index contributed by atoms with van der Waals surface area (Å²) in [4.78, 5) is 32.5. The number of fused-ring (bicyclic) bond motifs is 1. The highest BCUT2D eigenvalue weighted by molar-refractivity contribution is 7.10. The summed E-state index contributed by atoms with van der Waals surface area (Å²) in [5, 5.41) is 2.08. The topological polar surface area (TPSA) is 68.3 Å². The van der Waals surface area contributed by atoms with Gasteiger partial charge in [-0.05, 0) is 66.6 Å². The van der Waals surface area contributed by atoms with Crippen molar-refractivity contribution in [3.8, 4) is 17.2 Å². The maximum Gasteiger partial charge on any atom is 0.258 e. The Kier molecular flexibility index (Phi) is 8.38. The monoisotopic (exact) mass is 522 g/mol. The average molecular weight is 523 g/mol. The molecule has 8 heteroatoms. The molecule has 196 valence electrons. The quantitative estimate of drug-likeness (QED) is 0.387. The lowest BCUT2D eigenvalue weighted by atomic mass is 9.93. The van der Waals surface area contributed by atoms with Gasteiger partial charge in [0.25, 0.3) is 5.91 Å². The Balaban J connectivity index is 1.65. The Morgan fingerprint density at radius 1 is 1.03 bits per heavy atom. The standard InChI is InChI=1S/C29H34N2O5S/c1-6-19(2)31(29(33)23-12-11-22(35-4)17-25(23)36-5)18-27(32)30-15-13-26-24(14-16-37-26)28(30)20-7-9-21(34-3)10-8-20/h7-12,14,16-17,19,28H,6,13,15,18H2,1-5H3/t19-,28-/m0/s1. The van der Waals surface area contributed by atoms with Crippen LogP contribution in [0, 0.1) is 0 Å². The van der Waals surface area contributed by atoms with Gasteiger partial charge < -0.3 is 24.0 Å². The summed E-state index contributed by atoms with van der Waals surface area (Å²) in [7, 11) is 4.73. The molecule has 0 aliphatic carbocycles. The maximum atomic E-state index is 13.9. The fourth-order valence-corrected chi connectivity index (χ4v) is 5.65. The number of thiophene rings is 1. The van der Waals surface area contributed by atoms with E-state index in [0.717, 1.165) is 23.3 Å². The summed E-state index contributed by atoms with van der Waals surface area (Å²) in [6.45, 7) is 4.56. The van der Waals surface area contributed by atoms with Crippen molar-refractivity contribution < 1.29 is 23.8 Å². The number of ether oxygens (including phenoxy) is 3. The van der Waals surface area contributed by atoms with Crippen molar-refractivity contribution in [2.24, 2.45) is 0 Å². The van der Waals surface area contributed by atoms with E-state index in [1.54, 1.807) is 48.7 Å². The molecule has 0 radical (unpaired) electrons. The van der Waals surface area contributed by atoms with Crippen LogP contribution >= 0.6 is 11.3 Å². The predicted molar refractivity (Wildman–Crippen MR) is 145 cm³/mol. The zero-order valence-corrected chi connectivity index (χ0v) is 22.8. The zero-order valence-electron chi connectivity index (χ0n) is 22.0. The minimum atomic E-state index is -0.239. The van der Waals surface area contributed by atoms with Crippen LogP contribution in [0.1, 0.15) is 52.7 Å². The van der Waals surface area contributed by atoms with Crippen LogP contribution in [0.4, 0.5) is 0 Å². The third kappa shape index (κ3) is 5.44. The molecular weight excluding hydrogens is 488 g/mol. The van der Waals surface area contributed by atoms with Gasteiger partial charge in [-0.2, -0.15) is 0 Å². The van der Waals surface area contributed by atoms with Gasteiger partial charge in [0.1, 0.15) is 23.8 Å².